The number of piperidine rings is 1. The molecule has 1 aliphatic heterocycles. The summed E-state index contributed by atoms with van der Waals surface area (Å²) < 4.78 is 5.64. The molecule has 3 aromatic rings. The second-order valence-electron chi connectivity index (χ2n) is 7.83. The molecule has 4 N–H and O–H groups in total. The van der Waals surface area contributed by atoms with Crippen LogP contribution < -0.4 is 10.5 Å². The molecule has 1 aliphatic rings. The highest BCUT2D eigenvalue weighted by atomic mass is 16.5. The molecule has 0 spiro atoms. The standard InChI is InChI=1S/C23H28N4O3/c24-22(29)17-6-5-7-18-21(17)26-23(25-18)16-10-13-27(14-11-16)12-3-4-15-30-20-9-2-1-8-19(20)28/h1-2,5-9,16,28H,3-4,10-15H2,(H2,24,29)(H,25,26). The van der Waals surface area contributed by atoms with Crippen molar-refractivity contribution in [1.82, 2.24) is 14.9 Å². The minimum Gasteiger partial charge on any atom is -0.504 e. The molecule has 7 heteroatoms. The number of benzene rings is 2. The van der Waals surface area contributed by atoms with Crippen LogP contribution in [-0.4, -0.2) is 52.1 Å². The van der Waals surface area contributed by atoms with Gasteiger partial charge in [-0.1, -0.05) is 18.2 Å². The van der Waals surface area contributed by atoms with Gasteiger partial charge in [0.05, 0.1) is 17.7 Å². The number of nitrogens with two attached hydrogens (primary N) is 1. The van der Waals surface area contributed by atoms with E-state index < -0.39 is 5.91 Å². The molecular weight excluding hydrogens is 380 g/mol. The van der Waals surface area contributed by atoms with Crippen molar-refractivity contribution < 1.29 is 14.6 Å². The van der Waals surface area contributed by atoms with Crippen molar-refractivity contribution in [2.75, 3.05) is 26.2 Å². The van der Waals surface area contributed by atoms with Gasteiger partial charge in [-0.25, -0.2) is 4.98 Å². The molecule has 158 valence electrons. The maximum absolute atomic E-state index is 11.6. The molecule has 2 aromatic carbocycles. The van der Waals surface area contributed by atoms with Crippen molar-refractivity contribution in [3.63, 3.8) is 0 Å². The number of carbonyl (C=O) groups is 1. The number of aromatic amines is 1. The first-order valence-electron chi connectivity index (χ1n) is 10.5. The number of fused-ring (bicyclic) bond motifs is 1. The van der Waals surface area contributed by atoms with E-state index in [1.807, 2.05) is 18.2 Å². The number of phenolic OH excluding ortho intramolecular Hbond substituents is 1. The zero-order valence-corrected chi connectivity index (χ0v) is 17.0. The lowest BCUT2D eigenvalue weighted by Gasteiger charge is -2.31. The molecule has 0 unspecified atom stereocenters. The number of hydrogen-bond acceptors (Lipinski definition) is 5. The van der Waals surface area contributed by atoms with Gasteiger partial charge < -0.3 is 25.5 Å². The Morgan fingerprint density at radius 1 is 1.17 bits per heavy atom. The summed E-state index contributed by atoms with van der Waals surface area (Å²) >= 11 is 0. The van der Waals surface area contributed by atoms with Gasteiger partial charge in [-0.05, 0) is 69.6 Å². The summed E-state index contributed by atoms with van der Waals surface area (Å²) in [6, 6.07) is 12.5. The number of H-pyrrole nitrogens is 1. The third-order valence-electron chi connectivity index (χ3n) is 5.76. The monoisotopic (exact) mass is 408 g/mol. The predicted octanol–water partition coefficient (Wildman–Crippen LogP) is 3.41. The molecule has 1 fully saturated rings. The van der Waals surface area contributed by atoms with E-state index >= 15 is 0 Å². The van der Waals surface area contributed by atoms with Crippen molar-refractivity contribution in [3.8, 4) is 11.5 Å². The minimum absolute atomic E-state index is 0.188. The van der Waals surface area contributed by atoms with Crippen molar-refractivity contribution in [3.05, 3.63) is 53.9 Å². The fourth-order valence-electron chi connectivity index (χ4n) is 4.07. The number of carbonyl (C=O) groups excluding carboxylic acids is 1. The summed E-state index contributed by atoms with van der Waals surface area (Å²) in [6.07, 6.45) is 4.10. The minimum atomic E-state index is -0.445. The highest BCUT2D eigenvalue weighted by Crippen LogP contribution is 2.29. The van der Waals surface area contributed by atoms with Gasteiger partial charge in [0.2, 0.25) is 0 Å². The van der Waals surface area contributed by atoms with Gasteiger partial charge >= 0.3 is 0 Å². The zero-order chi connectivity index (χ0) is 20.9. The SMILES string of the molecule is NC(=O)c1cccc2[nH]c(C3CCN(CCCCOc4ccccc4O)CC3)nc12. The number of para-hydroxylation sites is 3. The van der Waals surface area contributed by atoms with Crippen LogP contribution in [0.25, 0.3) is 11.0 Å². The van der Waals surface area contributed by atoms with Crippen LogP contribution >= 0.6 is 0 Å². The summed E-state index contributed by atoms with van der Waals surface area (Å²) in [5.74, 6) is 1.62. The number of aromatic hydroxyl groups is 1. The Labute approximate surface area is 175 Å². The third-order valence-corrected chi connectivity index (χ3v) is 5.76. The summed E-state index contributed by atoms with van der Waals surface area (Å²) in [4.78, 5) is 22.2. The number of amides is 1. The van der Waals surface area contributed by atoms with E-state index in [4.69, 9.17) is 15.5 Å². The van der Waals surface area contributed by atoms with Crippen LogP contribution in [-0.2, 0) is 0 Å². The zero-order valence-electron chi connectivity index (χ0n) is 17.0. The van der Waals surface area contributed by atoms with Gasteiger partial charge in [0.25, 0.3) is 5.91 Å². The molecule has 0 bridgehead atoms. The van der Waals surface area contributed by atoms with E-state index in [0.29, 0.717) is 29.4 Å². The molecule has 2 heterocycles. The highest BCUT2D eigenvalue weighted by Gasteiger charge is 2.23. The predicted molar refractivity (Wildman–Crippen MR) is 116 cm³/mol. The molecule has 1 saturated heterocycles. The molecule has 0 aliphatic carbocycles. The van der Waals surface area contributed by atoms with Crippen LogP contribution in [0.2, 0.25) is 0 Å². The van der Waals surface area contributed by atoms with Gasteiger partial charge in [0.15, 0.2) is 11.5 Å². The van der Waals surface area contributed by atoms with E-state index in [1.54, 1.807) is 24.3 Å². The normalized spacial score (nSPS) is 15.5. The summed E-state index contributed by atoms with van der Waals surface area (Å²) in [6.45, 7) is 3.72. The first-order chi connectivity index (χ1) is 14.6. The molecule has 1 amide bonds. The lowest BCUT2D eigenvalue weighted by Crippen LogP contribution is -2.34. The first-order valence-corrected chi connectivity index (χ1v) is 10.5. The number of imidazole rings is 1. The van der Waals surface area contributed by atoms with Gasteiger partial charge in [-0.3, -0.25) is 4.79 Å². The van der Waals surface area contributed by atoms with Crippen molar-refractivity contribution >= 4 is 16.9 Å². The Balaban J connectivity index is 1.22. The average molecular weight is 409 g/mol. The lowest BCUT2D eigenvalue weighted by atomic mass is 9.96. The fourth-order valence-corrected chi connectivity index (χ4v) is 4.07. The summed E-state index contributed by atoms with van der Waals surface area (Å²) in [5.41, 5.74) is 7.49. The number of rotatable bonds is 8. The Morgan fingerprint density at radius 3 is 2.73 bits per heavy atom. The summed E-state index contributed by atoms with van der Waals surface area (Å²) in [7, 11) is 0. The average Bonchev–Trinajstić information content (AvgIpc) is 3.19. The van der Waals surface area contributed by atoms with Gasteiger partial charge in [-0.15, -0.1) is 0 Å². The number of nitrogens with zero attached hydrogens (tertiary/aromatic N) is 2. The maximum Gasteiger partial charge on any atom is 0.250 e. The van der Waals surface area contributed by atoms with Crippen molar-refractivity contribution in [2.45, 2.75) is 31.6 Å². The molecule has 7 nitrogen and oxygen atoms in total. The van der Waals surface area contributed by atoms with Crippen LogP contribution in [0.3, 0.4) is 0 Å². The fraction of sp³-hybridized carbons (Fsp3) is 0.391. The van der Waals surface area contributed by atoms with Crippen LogP contribution in [0, 0.1) is 0 Å². The molecule has 4 rings (SSSR count). The highest BCUT2D eigenvalue weighted by molar-refractivity contribution is 6.04. The van der Waals surface area contributed by atoms with E-state index in [0.717, 1.165) is 56.7 Å². The number of likely N-dealkylation sites (tertiary alicyclic amines) is 1. The van der Waals surface area contributed by atoms with Crippen LogP contribution in [0.15, 0.2) is 42.5 Å². The third kappa shape index (κ3) is 4.57. The smallest absolute Gasteiger partial charge is 0.250 e. The van der Waals surface area contributed by atoms with E-state index in [1.165, 1.54) is 0 Å². The molecule has 0 atom stereocenters. The Kier molecular flexibility index (Phi) is 6.18. The summed E-state index contributed by atoms with van der Waals surface area (Å²) in [5, 5.41) is 9.71. The molecule has 0 saturated carbocycles. The lowest BCUT2D eigenvalue weighted by molar-refractivity contribution is 0.100. The second kappa shape index (κ2) is 9.17. The quantitative estimate of drug-likeness (QED) is 0.496. The number of hydrogen-bond donors (Lipinski definition) is 3. The van der Waals surface area contributed by atoms with Gasteiger partial charge in [0.1, 0.15) is 11.3 Å². The van der Waals surface area contributed by atoms with Crippen molar-refractivity contribution in [2.24, 2.45) is 5.73 Å². The number of nitrogens with one attached hydrogen (secondary N) is 1. The molecule has 1 aromatic heterocycles. The van der Waals surface area contributed by atoms with Crippen LogP contribution in [0.4, 0.5) is 0 Å². The Hall–Kier alpha value is -3.06. The largest absolute Gasteiger partial charge is 0.504 e. The number of ether oxygens (including phenoxy) is 1. The molecule has 30 heavy (non-hydrogen) atoms. The van der Waals surface area contributed by atoms with Crippen molar-refractivity contribution in [1.29, 1.82) is 0 Å². The molecule has 0 radical (unpaired) electrons. The number of primary amides is 1. The number of aromatic nitrogens is 2. The molecular formula is C23H28N4O3. The Morgan fingerprint density at radius 2 is 1.97 bits per heavy atom. The van der Waals surface area contributed by atoms with E-state index in [9.17, 15) is 9.90 Å². The van der Waals surface area contributed by atoms with Crippen LogP contribution in [0.1, 0.15) is 47.8 Å². The Bertz CT molecular complexity index is 1010. The van der Waals surface area contributed by atoms with Gasteiger partial charge in [0, 0.05) is 5.92 Å². The topological polar surface area (TPSA) is 104 Å². The maximum atomic E-state index is 11.6. The van der Waals surface area contributed by atoms with E-state index in [2.05, 4.69) is 9.88 Å². The first kappa shape index (κ1) is 20.2. The van der Waals surface area contributed by atoms with E-state index in [-0.39, 0.29) is 5.75 Å². The second-order valence-corrected chi connectivity index (χ2v) is 7.83. The number of unbranched alkanes of at least 4 members (excludes halogenated alkanes) is 1. The van der Waals surface area contributed by atoms with Gasteiger partial charge in [-0.2, -0.15) is 0 Å². The number of phenols is 1. The van der Waals surface area contributed by atoms with Crippen LogP contribution in [0.5, 0.6) is 11.5 Å².